The maximum Gasteiger partial charge on any atom is 0.268 e. The number of aromatic nitrogens is 2. The number of aliphatic hydroxyl groups is 1. The first-order chi connectivity index (χ1) is 8.62. The van der Waals surface area contributed by atoms with Gasteiger partial charge in [-0.25, -0.2) is 4.68 Å². The van der Waals surface area contributed by atoms with E-state index in [1.54, 1.807) is 12.3 Å². The van der Waals surface area contributed by atoms with Crippen molar-refractivity contribution in [2.45, 2.75) is 46.3 Å². The van der Waals surface area contributed by atoms with E-state index >= 15 is 0 Å². The maximum atomic E-state index is 11.9. The van der Waals surface area contributed by atoms with Crippen molar-refractivity contribution in [3.63, 3.8) is 0 Å². The van der Waals surface area contributed by atoms with Crippen LogP contribution in [0.25, 0.3) is 0 Å². The molecule has 0 amide bonds. The second-order valence-electron chi connectivity index (χ2n) is 4.35. The van der Waals surface area contributed by atoms with Gasteiger partial charge in [-0.05, 0) is 20.3 Å². The Balaban J connectivity index is 2.83. The van der Waals surface area contributed by atoms with Crippen molar-refractivity contribution in [2.24, 2.45) is 0 Å². The van der Waals surface area contributed by atoms with Crippen LogP contribution in [0.1, 0.15) is 33.6 Å². The summed E-state index contributed by atoms with van der Waals surface area (Å²) >= 11 is 0. The third-order valence-electron chi connectivity index (χ3n) is 2.99. The number of rotatable bonds is 7. The first-order valence-electron chi connectivity index (χ1n) is 6.62. The first-order valence-corrected chi connectivity index (χ1v) is 6.62. The number of nitrogens with zero attached hydrogens (tertiary/aromatic N) is 3. The summed E-state index contributed by atoms with van der Waals surface area (Å²) < 4.78 is 1.33. The van der Waals surface area contributed by atoms with Crippen molar-refractivity contribution in [3.05, 3.63) is 22.6 Å². The maximum absolute atomic E-state index is 11.9. The molecule has 1 heterocycles. The molecule has 0 saturated heterocycles. The standard InChI is InChI=1S/C13H23N3O2/c1-4-7-12(17)10-16-13(18)8-11(9-14-16)15(5-2)6-3/h8-9,12,17H,4-7,10H2,1-3H3. The fraction of sp³-hybridized carbons (Fsp3) is 0.692. The van der Waals surface area contributed by atoms with Gasteiger partial charge in [-0.2, -0.15) is 5.10 Å². The van der Waals surface area contributed by atoms with E-state index in [4.69, 9.17) is 0 Å². The van der Waals surface area contributed by atoms with E-state index in [-0.39, 0.29) is 12.1 Å². The van der Waals surface area contributed by atoms with Crippen LogP contribution in [0.5, 0.6) is 0 Å². The number of hydrogen-bond acceptors (Lipinski definition) is 4. The predicted octanol–water partition coefficient (Wildman–Crippen LogP) is 1.25. The highest BCUT2D eigenvalue weighted by Gasteiger charge is 2.08. The molecule has 18 heavy (non-hydrogen) atoms. The molecule has 0 bridgehead atoms. The molecule has 0 spiro atoms. The molecule has 0 aliphatic carbocycles. The third-order valence-corrected chi connectivity index (χ3v) is 2.99. The van der Waals surface area contributed by atoms with Crippen LogP contribution in [0.4, 0.5) is 5.69 Å². The predicted molar refractivity (Wildman–Crippen MR) is 73.0 cm³/mol. The molecular weight excluding hydrogens is 230 g/mol. The number of anilines is 1. The number of aliphatic hydroxyl groups excluding tert-OH is 1. The van der Waals surface area contributed by atoms with Crippen LogP contribution in [0.15, 0.2) is 17.1 Å². The van der Waals surface area contributed by atoms with Crippen molar-refractivity contribution >= 4 is 5.69 Å². The smallest absolute Gasteiger partial charge is 0.268 e. The zero-order valence-corrected chi connectivity index (χ0v) is 11.5. The van der Waals surface area contributed by atoms with E-state index in [1.807, 2.05) is 20.8 Å². The van der Waals surface area contributed by atoms with Gasteiger partial charge in [-0.15, -0.1) is 0 Å². The molecule has 1 aromatic rings. The Kier molecular flexibility index (Phi) is 5.85. The lowest BCUT2D eigenvalue weighted by atomic mass is 10.2. The topological polar surface area (TPSA) is 58.4 Å². The minimum atomic E-state index is -0.500. The van der Waals surface area contributed by atoms with Crippen molar-refractivity contribution in [2.75, 3.05) is 18.0 Å². The van der Waals surface area contributed by atoms with Gasteiger partial charge in [0.25, 0.3) is 5.56 Å². The van der Waals surface area contributed by atoms with Gasteiger partial charge in [0.1, 0.15) is 0 Å². The normalized spacial score (nSPS) is 12.4. The Bertz CT molecular complexity index is 413. The number of hydrogen-bond donors (Lipinski definition) is 1. The summed E-state index contributed by atoms with van der Waals surface area (Å²) in [6.45, 7) is 8.05. The monoisotopic (exact) mass is 253 g/mol. The fourth-order valence-electron chi connectivity index (χ4n) is 1.95. The molecule has 0 aliphatic rings. The summed E-state index contributed by atoms with van der Waals surface area (Å²) in [7, 11) is 0. The lowest BCUT2D eigenvalue weighted by molar-refractivity contribution is 0.137. The average molecular weight is 253 g/mol. The summed E-state index contributed by atoms with van der Waals surface area (Å²) in [5.41, 5.74) is 0.681. The lowest BCUT2D eigenvalue weighted by Gasteiger charge is -2.20. The van der Waals surface area contributed by atoms with E-state index in [1.165, 1.54) is 4.68 Å². The second kappa shape index (κ2) is 7.16. The summed E-state index contributed by atoms with van der Waals surface area (Å²) in [6.07, 6.45) is 2.77. The highest BCUT2D eigenvalue weighted by Crippen LogP contribution is 2.08. The van der Waals surface area contributed by atoms with Crippen LogP contribution >= 0.6 is 0 Å². The molecule has 0 fully saturated rings. The SMILES string of the molecule is CCCC(O)Cn1ncc(N(CC)CC)cc1=O. The van der Waals surface area contributed by atoms with Crippen molar-refractivity contribution in [1.82, 2.24) is 9.78 Å². The molecule has 1 rings (SSSR count). The molecule has 1 atom stereocenters. The van der Waals surface area contributed by atoms with E-state index in [2.05, 4.69) is 10.00 Å². The molecule has 0 aliphatic heterocycles. The highest BCUT2D eigenvalue weighted by atomic mass is 16.3. The molecule has 102 valence electrons. The van der Waals surface area contributed by atoms with Crippen molar-refractivity contribution < 1.29 is 5.11 Å². The van der Waals surface area contributed by atoms with Crippen LogP contribution in [0.2, 0.25) is 0 Å². The van der Waals surface area contributed by atoms with Crippen LogP contribution in [0.3, 0.4) is 0 Å². The average Bonchev–Trinajstić information content (AvgIpc) is 2.34. The molecule has 1 N–H and O–H groups in total. The molecule has 0 saturated carbocycles. The summed E-state index contributed by atoms with van der Waals surface area (Å²) in [4.78, 5) is 13.9. The molecule has 1 aromatic heterocycles. The minimum absolute atomic E-state index is 0.158. The van der Waals surface area contributed by atoms with Gasteiger partial charge in [0.05, 0.1) is 24.5 Å². The Morgan fingerprint density at radius 1 is 1.39 bits per heavy atom. The van der Waals surface area contributed by atoms with Gasteiger partial charge < -0.3 is 10.0 Å². The van der Waals surface area contributed by atoms with Gasteiger partial charge in [0.2, 0.25) is 0 Å². The summed E-state index contributed by atoms with van der Waals surface area (Å²) in [5, 5.41) is 13.8. The van der Waals surface area contributed by atoms with E-state index in [9.17, 15) is 9.90 Å². The van der Waals surface area contributed by atoms with E-state index in [0.29, 0.717) is 6.42 Å². The van der Waals surface area contributed by atoms with Crippen molar-refractivity contribution in [3.8, 4) is 0 Å². The van der Waals surface area contributed by atoms with Crippen molar-refractivity contribution in [1.29, 1.82) is 0 Å². The van der Waals surface area contributed by atoms with Gasteiger partial charge in [0, 0.05) is 19.2 Å². The Morgan fingerprint density at radius 3 is 2.56 bits per heavy atom. The Hall–Kier alpha value is -1.36. The van der Waals surface area contributed by atoms with Crippen LogP contribution < -0.4 is 10.5 Å². The van der Waals surface area contributed by atoms with E-state index < -0.39 is 6.10 Å². The zero-order chi connectivity index (χ0) is 13.5. The van der Waals surface area contributed by atoms with Crippen LogP contribution in [0, 0.1) is 0 Å². The second-order valence-corrected chi connectivity index (χ2v) is 4.35. The van der Waals surface area contributed by atoms with Gasteiger partial charge in [-0.3, -0.25) is 4.79 Å². The highest BCUT2D eigenvalue weighted by molar-refractivity contribution is 5.42. The lowest BCUT2D eigenvalue weighted by Crippen LogP contribution is -2.30. The molecule has 1 unspecified atom stereocenters. The fourth-order valence-corrected chi connectivity index (χ4v) is 1.95. The van der Waals surface area contributed by atoms with Gasteiger partial charge >= 0.3 is 0 Å². The molecule has 0 aromatic carbocycles. The van der Waals surface area contributed by atoms with Gasteiger partial charge in [-0.1, -0.05) is 13.3 Å². The molecule has 5 nitrogen and oxygen atoms in total. The van der Waals surface area contributed by atoms with Crippen LogP contribution in [-0.2, 0) is 6.54 Å². The summed E-state index contributed by atoms with van der Waals surface area (Å²) in [6, 6.07) is 1.58. The van der Waals surface area contributed by atoms with E-state index in [0.717, 1.165) is 25.2 Å². The largest absolute Gasteiger partial charge is 0.391 e. The Morgan fingerprint density at radius 2 is 2.06 bits per heavy atom. The summed E-state index contributed by atoms with van der Waals surface area (Å²) in [5.74, 6) is 0. The van der Waals surface area contributed by atoms with Gasteiger partial charge in [0.15, 0.2) is 0 Å². The first kappa shape index (κ1) is 14.7. The minimum Gasteiger partial charge on any atom is -0.391 e. The molecule has 5 heteroatoms. The quantitative estimate of drug-likeness (QED) is 0.794. The zero-order valence-electron chi connectivity index (χ0n) is 11.5. The molecular formula is C13H23N3O2. The Labute approximate surface area is 108 Å². The third kappa shape index (κ3) is 3.84. The molecule has 0 radical (unpaired) electrons. The van der Waals surface area contributed by atoms with Crippen LogP contribution in [-0.4, -0.2) is 34.1 Å².